The van der Waals surface area contributed by atoms with Crippen molar-refractivity contribution in [1.82, 2.24) is 4.98 Å². The third-order valence-corrected chi connectivity index (χ3v) is 5.65. The van der Waals surface area contributed by atoms with Gasteiger partial charge < -0.3 is 9.84 Å². The summed E-state index contributed by atoms with van der Waals surface area (Å²) in [6, 6.07) is 15.2. The fourth-order valence-electron chi connectivity index (χ4n) is 2.63. The van der Waals surface area contributed by atoms with E-state index in [9.17, 15) is 18.3 Å². The second kappa shape index (κ2) is 10.5. The Morgan fingerprint density at radius 1 is 1.06 bits per heavy atom. The molecule has 0 aliphatic heterocycles. The van der Waals surface area contributed by atoms with Crippen LogP contribution in [0.4, 0.5) is 17.2 Å². The first-order valence-corrected chi connectivity index (χ1v) is 11.3. The summed E-state index contributed by atoms with van der Waals surface area (Å²) < 4.78 is 32.8. The van der Waals surface area contributed by atoms with Crippen LogP contribution in [0, 0.1) is 0 Å². The standard InChI is InChI=1S/C22H22N4O5S/c1-2-3-14-31-20-12-9-17(15-19(20)22(27)28)25-24-16-7-10-18(11-8-16)32(29,30)26-21-6-4-5-13-23-21/h4-13,15H,2-3,14H2,1H3,(H,23,26)(H,27,28)/b25-24+. The number of nitrogens with zero attached hydrogens (tertiary/aromatic N) is 3. The number of aromatic nitrogens is 1. The van der Waals surface area contributed by atoms with Crippen LogP contribution in [0.1, 0.15) is 30.1 Å². The molecule has 0 saturated carbocycles. The van der Waals surface area contributed by atoms with Gasteiger partial charge in [-0.3, -0.25) is 4.72 Å². The molecule has 0 amide bonds. The fraction of sp³-hybridized carbons (Fsp3) is 0.182. The molecule has 0 aliphatic carbocycles. The average Bonchev–Trinajstić information content (AvgIpc) is 2.79. The molecule has 0 spiro atoms. The Labute approximate surface area is 185 Å². The van der Waals surface area contributed by atoms with Crippen molar-refractivity contribution < 1.29 is 23.1 Å². The third-order valence-electron chi connectivity index (χ3n) is 4.28. The molecule has 0 aliphatic rings. The van der Waals surface area contributed by atoms with Crippen LogP contribution in [0.15, 0.2) is 82.0 Å². The number of aromatic carboxylic acids is 1. The predicted octanol–water partition coefficient (Wildman–Crippen LogP) is 5.17. The Morgan fingerprint density at radius 3 is 2.44 bits per heavy atom. The minimum Gasteiger partial charge on any atom is -0.493 e. The maximum absolute atomic E-state index is 12.4. The Kier molecular flexibility index (Phi) is 7.50. The first kappa shape index (κ1) is 22.9. The number of rotatable bonds is 10. The highest BCUT2D eigenvalue weighted by Gasteiger charge is 2.15. The van der Waals surface area contributed by atoms with E-state index in [1.165, 1.54) is 36.5 Å². The van der Waals surface area contributed by atoms with Crippen molar-refractivity contribution in [3.8, 4) is 5.75 Å². The number of nitrogens with one attached hydrogen (secondary N) is 1. The molecular formula is C22H22N4O5S. The maximum atomic E-state index is 12.4. The molecule has 1 heterocycles. The zero-order chi connectivity index (χ0) is 23.0. The zero-order valence-electron chi connectivity index (χ0n) is 17.3. The van der Waals surface area contributed by atoms with E-state index in [1.807, 2.05) is 6.92 Å². The second-order valence-corrected chi connectivity index (χ2v) is 8.38. The molecule has 0 radical (unpaired) electrons. The molecule has 0 bridgehead atoms. The smallest absolute Gasteiger partial charge is 0.339 e. The topological polar surface area (TPSA) is 130 Å². The van der Waals surface area contributed by atoms with Crippen LogP contribution in [-0.2, 0) is 10.0 Å². The molecule has 166 valence electrons. The van der Waals surface area contributed by atoms with E-state index in [1.54, 1.807) is 30.3 Å². The quantitative estimate of drug-likeness (QED) is 0.321. The minimum absolute atomic E-state index is 0.000379. The molecule has 3 rings (SSSR count). The molecule has 3 aromatic rings. The first-order valence-electron chi connectivity index (χ1n) is 9.85. The van der Waals surface area contributed by atoms with Gasteiger partial charge in [-0.2, -0.15) is 10.2 Å². The molecule has 0 unspecified atom stereocenters. The molecular weight excluding hydrogens is 432 g/mol. The molecule has 1 aromatic heterocycles. The number of carbonyl (C=O) groups is 1. The summed E-state index contributed by atoms with van der Waals surface area (Å²) in [5, 5.41) is 17.5. The molecule has 0 saturated heterocycles. The van der Waals surface area contributed by atoms with E-state index in [-0.39, 0.29) is 22.0 Å². The van der Waals surface area contributed by atoms with Gasteiger partial charge in [0.15, 0.2) is 0 Å². The molecule has 32 heavy (non-hydrogen) atoms. The zero-order valence-corrected chi connectivity index (χ0v) is 18.1. The number of benzene rings is 2. The summed E-state index contributed by atoms with van der Waals surface area (Å²) in [5.74, 6) is -0.629. The summed E-state index contributed by atoms with van der Waals surface area (Å²) in [6.45, 7) is 2.45. The number of hydrogen-bond acceptors (Lipinski definition) is 7. The lowest BCUT2D eigenvalue weighted by molar-refractivity contribution is 0.0692. The third kappa shape index (κ3) is 6.11. The lowest BCUT2D eigenvalue weighted by Gasteiger charge is -2.09. The summed E-state index contributed by atoms with van der Waals surface area (Å²) in [4.78, 5) is 15.5. The molecule has 2 aromatic carbocycles. The predicted molar refractivity (Wildman–Crippen MR) is 119 cm³/mol. The molecule has 10 heteroatoms. The number of ether oxygens (including phenoxy) is 1. The van der Waals surface area contributed by atoms with Gasteiger partial charge in [0.1, 0.15) is 17.1 Å². The van der Waals surface area contributed by atoms with E-state index in [2.05, 4.69) is 19.9 Å². The van der Waals surface area contributed by atoms with Gasteiger partial charge >= 0.3 is 5.97 Å². The average molecular weight is 455 g/mol. The molecule has 0 atom stereocenters. The normalized spacial score (nSPS) is 11.4. The van der Waals surface area contributed by atoms with Crippen LogP contribution >= 0.6 is 0 Å². The lowest BCUT2D eigenvalue weighted by atomic mass is 10.2. The monoisotopic (exact) mass is 454 g/mol. The number of carboxylic acid groups (broad SMARTS) is 1. The van der Waals surface area contributed by atoms with Crippen LogP contribution in [0.5, 0.6) is 5.75 Å². The van der Waals surface area contributed by atoms with Crippen molar-refractivity contribution in [2.75, 3.05) is 11.3 Å². The van der Waals surface area contributed by atoms with E-state index < -0.39 is 16.0 Å². The number of hydrogen-bond donors (Lipinski definition) is 2. The number of anilines is 1. The second-order valence-electron chi connectivity index (χ2n) is 6.70. The number of carboxylic acids is 1. The summed E-state index contributed by atoms with van der Waals surface area (Å²) in [6.07, 6.45) is 3.25. The summed E-state index contributed by atoms with van der Waals surface area (Å²) >= 11 is 0. The van der Waals surface area contributed by atoms with Gasteiger partial charge in [-0.15, -0.1) is 0 Å². The Morgan fingerprint density at radius 2 is 1.78 bits per heavy atom. The van der Waals surface area contributed by atoms with Crippen molar-refractivity contribution in [3.63, 3.8) is 0 Å². The van der Waals surface area contributed by atoms with Crippen molar-refractivity contribution in [3.05, 3.63) is 72.4 Å². The van der Waals surface area contributed by atoms with Gasteiger partial charge in [-0.1, -0.05) is 19.4 Å². The van der Waals surface area contributed by atoms with Crippen molar-refractivity contribution in [2.45, 2.75) is 24.7 Å². The van der Waals surface area contributed by atoms with Crippen molar-refractivity contribution in [1.29, 1.82) is 0 Å². The van der Waals surface area contributed by atoms with Crippen LogP contribution in [0.2, 0.25) is 0 Å². The maximum Gasteiger partial charge on any atom is 0.339 e. The van der Waals surface area contributed by atoms with E-state index in [0.29, 0.717) is 18.0 Å². The largest absolute Gasteiger partial charge is 0.493 e. The first-order chi connectivity index (χ1) is 15.4. The molecule has 2 N–H and O–H groups in total. The van der Waals surface area contributed by atoms with E-state index >= 15 is 0 Å². The van der Waals surface area contributed by atoms with Crippen molar-refractivity contribution >= 4 is 33.2 Å². The van der Waals surface area contributed by atoms with Crippen molar-refractivity contribution in [2.24, 2.45) is 10.2 Å². The van der Waals surface area contributed by atoms with Crippen LogP contribution in [0.25, 0.3) is 0 Å². The SMILES string of the molecule is CCCCOc1ccc(/N=N/c2ccc(S(=O)(=O)Nc3ccccn3)cc2)cc1C(=O)O. The van der Waals surface area contributed by atoms with Crippen LogP contribution in [-0.4, -0.2) is 31.1 Å². The van der Waals surface area contributed by atoms with Gasteiger partial charge in [-0.05, 0) is 61.0 Å². The van der Waals surface area contributed by atoms with Gasteiger partial charge in [-0.25, -0.2) is 18.2 Å². The van der Waals surface area contributed by atoms with E-state index in [4.69, 9.17) is 4.74 Å². The highest BCUT2D eigenvalue weighted by molar-refractivity contribution is 7.92. The van der Waals surface area contributed by atoms with E-state index in [0.717, 1.165) is 12.8 Å². The number of pyridine rings is 1. The van der Waals surface area contributed by atoms with Gasteiger partial charge in [0.05, 0.1) is 22.9 Å². The number of azo groups is 1. The highest BCUT2D eigenvalue weighted by atomic mass is 32.2. The Bertz CT molecular complexity index is 1200. The summed E-state index contributed by atoms with van der Waals surface area (Å²) in [7, 11) is -3.79. The molecule has 9 nitrogen and oxygen atoms in total. The number of unbranched alkanes of at least 4 members (excludes halogenated alkanes) is 1. The van der Waals surface area contributed by atoms with Gasteiger partial charge in [0, 0.05) is 6.20 Å². The number of sulfonamides is 1. The highest BCUT2D eigenvalue weighted by Crippen LogP contribution is 2.27. The van der Waals surface area contributed by atoms with Crippen LogP contribution in [0.3, 0.4) is 0 Å². The lowest BCUT2D eigenvalue weighted by Crippen LogP contribution is -2.13. The minimum atomic E-state index is -3.79. The molecule has 0 fully saturated rings. The Hall–Kier alpha value is -3.79. The van der Waals surface area contributed by atoms with Gasteiger partial charge in [0.25, 0.3) is 10.0 Å². The summed E-state index contributed by atoms with van der Waals surface area (Å²) in [5.41, 5.74) is 0.736. The van der Waals surface area contributed by atoms with Crippen LogP contribution < -0.4 is 9.46 Å². The van der Waals surface area contributed by atoms with Gasteiger partial charge in [0.2, 0.25) is 0 Å². The Balaban J connectivity index is 1.73. The fourth-order valence-corrected chi connectivity index (χ4v) is 3.64.